The van der Waals surface area contributed by atoms with Crippen LogP contribution in [0.3, 0.4) is 0 Å². The Morgan fingerprint density at radius 2 is 2.19 bits per heavy atom. The molecule has 0 spiro atoms. The van der Waals surface area contributed by atoms with Gasteiger partial charge >= 0.3 is 12.0 Å². The molecule has 0 fully saturated rings. The van der Waals surface area contributed by atoms with E-state index in [0.717, 1.165) is 6.20 Å². The zero-order valence-corrected chi connectivity index (χ0v) is 7.85. The first-order chi connectivity index (χ1) is 7.65. The lowest BCUT2D eigenvalue weighted by atomic mass is 10.3. The zero-order valence-electron chi connectivity index (χ0n) is 7.85. The smallest absolute Gasteiger partial charge is 0.354 e. The fraction of sp³-hybridized carbons (Fsp3) is 0. The highest BCUT2D eigenvalue weighted by molar-refractivity contribution is 5.85. The van der Waals surface area contributed by atoms with Crippen LogP contribution in [0.25, 0.3) is 0 Å². The van der Waals surface area contributed by atoms with Gasteiger partial charge in [-0.15, -0.1) is 0 Å². The van der Waals surface area contributed by atoms with Gasteiger partial charge < -0.3 is 14.8 Å². The number of carboxylic acid groups (broad SMARTS) is 1. The van der Waals surface area contributed by atoms with E-state index in [-0.39, 0.29) is 11.7 Å². The molecule has 0 bridgehead atoms. The fourth-order valence-electron chi connectivity index (χ4n) is 1.03. The number of nitrogens with one attached hydrogen (secondary N) is 1. The summed E-state index contributed by atoms with van der Waals surface area (Å²) in [5.41, 5.74) is 0.371. The molecule has 0 saturated carbocycles. The van der Waals surface area contributed by atoms with E-state index in [2.05, 4.69) is 19.7 Å². The molecule has 0 aliphatic heterocycles. The minimum Gasteiger partial charge on any atom is -0.477 e. The van der Waals surface area contributed by atoms with Crippen molar-refractivity contribution in [2.24, 2.45) is 0 Å². The van der Waals surface area contributed by atoms with Crippen molar-refractivity contribution in [2.75, 3.05) is 5.32 Å². The van der Waals surface area contributed by atoms with Crippen LogP contribution in [0.2, 0.25) is 0 Å². The molecule has 16 heavy (non-hydrogen) atoms. The Balaban J connectivity index is 2.14. The molecule has 0 unspecified atom stereocenters. The van der Waals surface area contributed by atoms with Crippen molar-refractivity contribution in [3.63, 3.8) is 0 Å². The molecule has 2 N–H and O–H groups in total. The normalized spacial score (nSPS) is 10.1. The number of carboxylic acids is 1. The summed E-state index contributed by atoms with van der Waals surface area (Å²) >= 11 is 0. The molecule has 0 aliphatic rings. The van der Waals surface area contributed by atoms with Crippen LogP contribution in [0.1, 0.15) is 10.5 Å². The number of hydrogen-bond acceptors (Lipinski definition) is 5. The number of nitrogens with zero attached hydrogens (tertiary/aromatic N) is 2. The van der Waals surface area contributed by atoms with Crippen molar-refractivity contribution in [2.45, 2.75) is 0 Å². The summed E-state index contributed by atoms with van der Waals surface area (Å²) in [5, 5.41) is 11.2. The standard InChI is InChI=1S/C9H6FN3O3/c10-7-4-12-9(16-7)13-5-1-2-6(8(14)15)11-3-5/h1-4H,(H,12,13)(H,14,15). The lowest BCUT2D eigenvalue weighted by molar-refractivity contribution is 0.0690. The number of pyridine rings is 1. The van der Waals surface area contributed by atoms with Gasteiger partial charge in [-0.3, -0.25) is 0 Å². The molecular formula is C9H6FN3O3. The highest BCUT2D eigenvalue weighted by Crippen LogP contribution is 2.14. The third-order valence-corrected chi connectivity index (χ3v) is 1.71. The molecule has 6 nitrogen and oxygen atoms in total. The third kappa shape index (κ3) is 2.14. The van der Waals surface area contributed by atoms with Crippen LogP contribution in [-0.4, -0.2) is 21.0 Å². The molecule has 0 amide bonds. The predicted molar refractivity (Wildman–Crippen MR) is 50.9 cm³/mol. The van der Waals surface area contributed by atoms with Crippen LogP contribution in [0.4, 0.5) is 16.1 Å². The quantitative estimate of drug-likeness (QED) is 0.822. The second-order valence-electron chi connectivity index (χ2n) is 2.83. The Bertz CT molecular complexity index is 509. The number of hydrogen-bond donors (Lipinski definition) is 2. The van der Waals surface area contributed by atoms with E-state index in [1.54, 1.807) is 0 Å². The molecule has 2 rings (SSSR count). The second kappa shape index (κ2) is 3.97. The van der Waals surface area contributed by atoms with Gasteiger partial charge in [0.05, 0.1) is 11.9 Å². The van der Waals surface area contributed by atoms with Gasteiger partial charge in [-0.05, 0) is 12.1 Å². The van der Waals surface area contributed by atoms with E-state index >= 15 is 0 Å². The highest BCUT2D eigenvalue weighted by Gasteiger charge is 2.06. The number of carbonyl (C=O) groups is 1. The fourth-order valence-corrected chi connectivity index (χ4v) is 1.03. The first kappa shape index (κ1) is 10.1. The van der Waals surface area contributed by atoms with Crippen molar-refractivity contribution in [1.29, 1.82) is 0 Å². The second-order valence-corrected chi connectivity index (χ2v) is 2.83. The molecule has 0 radical (unpaired) electrons. The van der Waals surface area contributed by atoms with Gasteiger partial charge in [0, 0.05) is 0 Å². The van der Waals surface area contributed by atoms with Crippen LogP contribution in [-0.2, 0) is 0 Å². The first-order valence-electron chi connectivity index (χ1n) is 4.23. The molecule has 7 heteroatoms. The lowest BCUT2D eigenvalue weighted by Crippen LogP contribution is -2.00. The van der Waals surface area contributed by atoms with Crippen LogP contribution >= 0.6 is 0 Å². The van der Waals surface area contributed by atoms with Gasteiger partial charge in [-0.1, -0.05) is 0 Å². The van der Waals surface area contributed by atoms with Gasteiger partial charge in [0.1, 0.15) is 11.9 Å². The van der Waals surface area contributed by atoms with Crippen LogP contribution in [0.15, 0.2) is 28.9 Å². The molecule has 0 atom stereocenters. The van der Waals surface area contributed by atoms with E-state index in [4.69, 9.17) is 5.11 Å². The predicted octanol–water partition coefficient (Wildman–Crippen LogP) is 1.65. The van der Waals surface area contributed by atoms with Gasteiger partial charge in [-0.25, -0.2) is 9.78 Å². The summed E-state index contributed by atoms with van der Waals surface area (Å²) in [5.74, 6) is -1.12. The number of aromatic nitrogens is 2. The molecule has 0 aromatic carbocycles. The maximum Gasteiger partial charge on any atom is 0.354 e. The summed E-state index contributed by atoms with van der Waals surface area (Å²) in [6, 6.07) is 1.95. The Labute approximate surface area is 88.8 Å². The Kier molecular flexibility index (Phi) is 2.50. The van der Waals surface area contributed by atoms with E-state index in [0.29, 0.717) is 5.69 Å². The molecule has 82 valence electrons. The topological polar surface area (TPSA) is 88.2 Å². The number of rotatable bonds is 3. The first-order valence-corrected chi connectivity index (χ1v) is 4.23. The van der Waals surface area contributed by atoms with Crippen LogP contribution < -0.4 is 5.32 Å². The average molecular weight is 223 g/mol. The van der Waals surface area contributed by atoms with Gasteiger partial charge in [0.25, 0.3) is 6.01 Å². The largest absolute Gasteiger partial charge is 0.477 e. The van der Waals surface area contributed by atoms with E-state index < -0.39 is 12.0 Å². The number of halogens is 1. The monoisotopic (exact) mass is 223 g/mol. The number of oxazole rings is 1. The van der Waals surface area contributed by atoms with E-state index in [1.807, 2.05) is 0 Å². The summed E-state index contributed by atoms with van der Waals surface area (Å²) < 4.78 is 17.0. The third-order valence-electron chi connectivity index (χ3n) is 1.71. The van der Waals surface area contributed by atoms with Crippen molar-refractivity contribution >= 4 is 17.7 Å². The SMILES string of the molecule is O=C(O)c1ccc(Nc2ncc(F)o2)cn1. The van der Waals surface area contributed by atoms with Crippen LogP contribution in [0, 0.1) is 6.01 Å². The minimum atomic E-state index is -1.12. The van der Waals surface area contributed by atoms with Crippen molar-refractivity contribution in [3.05, 3.63) is 36.2 Å². The summed E-state index contributed by atoms with van der Waals surface area (Å²) in [4.78, 5) is 17.7. The lowest BCUT2D eigenvalue weighted by Gasteiger charge is -2.00. The zero-order chi connectivity index (χ0) is 11.5. The molecule has 0 saturated heterocycles. The van der Waals surface area contributed by atoms with Crippen molar-refractivity contribution in [1.82, 2.24) is 9.97 Å². The van der Waals surface area contributed by atoms with Crippen molar-refractivity contribution < 1.29 is 18.7 Å². The average Bonchev–Trinajstić information content (AvgIpc) is 2.65. The van der Waals surface area contributed by atoms with Gasteiger partial charge in [-0.2, -0.15) is 9.37 Å². The number of aromatic carboxylic acids is 1. The molecule has 0 aliphatic carbocycles. The summed E-state index contributed by atoms with van der Waals surface area (Å²) in [6.45, 7) is 0. The Morgan fingerprint density at radius 1 is 1.38 bits per heavy atom. The molecule has 2 aromatic rings. The maximum atomic E-state index is 12.4. The molecule has 2 heterocycles. The van der Waals surface area contributed by atoms with Gasteiger partial charge in [0.15, 0.2) is 0 Å². The Hall–Kier alpha value is -2.44. The van der Waals surface area contributed by atoms with Crippen molar-refractivity contribution in [3.8, 4) is 0 Å². The van der Waals surface area contributed by atoms with Crippen LogP contribution in [0.5, 0.6) is 0 Å². The number of anilines is 2. The van der Waals surface area contributed by atoms with E-state index in [1.165, 1.54) is 18.3 Å². The summed E-state index contributed by atoms with van der Waals surface area (Å²) in [7, 11) is 0. The summed E-state index contributed by atoms with van der Waals surface area (Å²) in [6.07, 6.45) is 2.20. The maximum absolute atomic E-state index is 12.4. The minimum absolute atomic E-state index is 0.0256. The Morgan fingerprint density at radius 3 is 2.69 bits per heavy atom. The van der Waals surface area contributed by atoms with E-state index in [9.17, 15) is 9.18 Å². The molecule has 2 aromatic heterocycles. The highest BCUT2D eigenvalue weighted by atomic mass is 19.1. The van der Waals surface area contributed by atoms with Gasteiger partial charge in [0.2, 0.25) is 0 Å². The molecular weight excluding hydrogens is 217 g/mol.